The Hall–Kier alpha value is -4.05. The second kappa shape index (κ2) is 11.3. The van der Waals surface area contributed by atoms with Gasteiger partial charge < -0.3 is 29.4 Å². The molecule has 0 bridgehead atoms. The highest BCUT2D eigenvalue weighted by Crippen LogP contribution is 2.32. The highest BCUT2D eigenvalue weighted by atomic mass is 16.5. The molecule has 196 valence electrons. The summed E-state index contributed by atoms with van der Waals surface area (Å²) < 4.78 is 16.2. The van der Waals surface area contributed by atoms with Gasteiger partial charge in [-0.2, -0.15) is 0 Å². The molecule has 2 aromatic carbocycles. The van der Waals surface area contributed by atoms with Crippen LogP contribution in [0.5, 0.6) is 11.5 Å². The fourth-order valence-corrected chi connectivity index (χ4v) is 4.51. The first-order valence-electron chi connectivity index (χ1n) is 12.1. The fraction of sp³-hybridized carbons (Fsp3) is 0.370. The Balaban J connectivity index is 1.30. The quantitative estimate of drug-likeness (QED) is 0.448. The number of benzene rings is 2. The lowest BCUT2D eigenvalue weighted by molar-refractivity contribution is -0.137. The van der Waals surface area contributed by atoms with Crippen molar-refractivity contribution in [3.05, 3.63) is 55.1 Å². The van der Waals surface area contributed by atoms with Crippen molar-refractivity contribution < 1.29 is 23.5 Å². The maximum Gasteiger partial charge on any atom is 0.313 e. The molecule has 0 aliphatic carbocycles. The van der Waals surface area contributed by atoms with Crippen LogP contribution in [0.15, 0.2) is 59.5 Å². The van der Waals surface area contributed by atoms with Crippen molar-refractivity contribution in [2.24, 2.45) is 0 Å². The predicted octanol–water partition coefficient (Wildman–Crippen LogP) is 3.01. The third-order valence-electron chi connectivity index (χ3n) is 6.23. The minimum Gasteiger partial charge on any atom is -0.496 e. The predicted molar refractivity (Wildman–Crippen MR) is 141 cm³/mol. The molecular weight excluding hydrogens is 474 g/mol. The Bertz CT molecular complexity index is 1220. The van der Waals surface area contributed by atoms with Crippen LogP contribution in [0.3, 0.4) is 0 Å². The summed E-state index contributed by atoms with van der Waals surface area (Å²) >= 11 is 0. The van der Waals surface area contributed by atoms with Crippen LogP contribution >= 0.6 is 0 Å². The maximum absolute atomic E-state index is 12.7. The van der Waals surface area contributed by atoms with E-state index in [-0.39, 0.29) is 0 Å². The van der Waals surface area contributed by atoms with E-state index in [1.165, 1.54) is 13.5 Å². The lowest BCUT2D eigenvalue weighted by atomic mass is 10.0. The number of hydrogen-bond acceptors (Lipinski definition) is 8. The van der Waals surface area contributed by atoms with Crippen molar-refractivity contribution in [1.29, 1.82) is 0 Å². The van der Waals surface area contributed by atoms with E-state index >= 15 is 0 Å². The van der Waals surface area contributed by atoms with E-state index in [0.717, 1.165) is 37.6 Å². The summed E-state index contributed by atoms with van der Waals surface area (Å²) in [7, 11) is 3.20. The number of anilines is 2. The SMILES string of the molecule is COc1cc(NC(=O)C(=O)NC(C)(C)CN2CCN(c3ccccc3OC)CC2)ccc1-c1cnco1. The Kier molecular flexibility index (Phi) is 7.98. The Morgan fingerprint density at radius 3 is 2.41 bits per heavy atom. The van der Waals surface area contributed by atoms with Crippen molar-refractivity contribution in [3.8, 4) is 22.8 Å². The summed E-state index contributed by atoms with van der Waals surface area (Å²) in [4.78, 5) is 33.8. The molecule has 2 amide bonds. The van der Waals surface area contributed by atoms with Crippen LogP contribution in [0.4, 0.5) is 11.4 Å². The van der Waals surface area contributed by atoms with Gasteiger partial charge in [0.2, 0.25) is 0 Å². The Labute approximate surface area is 216 Å². The fourth-order valence-electron chi connectivity index (χ4n) is 4.51. The number of aromatic nitrogens is 1. The van der Waals surface area contributed by atoms with E-state index in [9.17, 15) is 9.59 Å². The minimum atomic E-state index is -0.747. The molecule has 0 spiro atoms. The zero-order valence-corrected chi connectivity index (χ0v) is 21.6. The van der Waals surface area contributed by atoms with Crippen LogP contribution in [0, 0.1) is 0 Å². The molecule has 0 radical (unpaired) electrons. The molecule has 10 heteroatoms. The van der Waals surface area contributed by atoms with Gasteiger partial charge in [-0.3, -0.25) is 14.5 Å². The third kappa shape index (κ3) is 6.39. The first-order valence-corrected chi connectivity index (χ1v) is 12.1. The van der Waals surface area contributed by atoms with Crippen molar-refractivity contribution in [3.63, 3.8) is 0 Å². The van der Waals surface area contributed by atoms with Crippen LogP contribution in [0.25, 0.3) is 11.3 Å². The number of carbonyl (C=O) groups is 2. The molecule has 3 aromatic rings. The summed E-state index contributed by atoms with van der Waals surface area (Å²) in [6.45, 7) is 7.81. The smallest absolute Gasteiger partial charge is 0.313 e. The van der Waals surface area contributed by atoms with Crippen molar-refractivity contribution in [2.75, 3.05) is 57.2 Å². The number of oxazole rings is 1. The molecule has 2 N–H and O–H groups in total. The zero-order valence-electron chi connectivity index (χ0n) is 21.6. The molecule has 1 saturated heterocycles. The monoisotopic (exact) mass is 507 g/mol. The van der Waals surface area contributed by atoms with E-state index in [0.29, 0.717) is 29.3 Å². The zero-order chi connectivity index (χ0) is 26.4. The van der Waals surface area contributed by atoms with E-state index in [1.807, 2.05) is 32.0 Å². The first kappa shape index (κ1) is 26.0. The largest absolute Gasteiger partial charge is 0.496 e. The van der Waals surface area contributed by atoms with Gasteiger partial charge in [0.25, 0.3) is 0 Å². The standard InChI is InChI=1S/C27H33N5O5/c1-27(2,17-31-11-13-32(14-12-31)21-7-5-6-8-22(21)35-3)30-26(34)25(33)29-19-9-10-20(23(15-19)36-4)24-16-28-18-37-24/h5-10,15-16,18H,11-14,17H2,1-4H3,(H,29,33)(H,30,34). The minimum absolute atomic E-state index is 0.436. The average Bonchev–Trinajstić information content (AvgIpc) is 3.43. The van der Waals surface area contributed by atoms with Crippen molar-refractivity contribution in [1.82, 2.24) is 15.2 Å². The second-order valence-corrected chi connectivity index (χ2v) is 9.51. The number of hydrogen-bond donors (Lipinski definition) is 2. The number of rotatable bonds is 8. The molecule has 2 heterocycles. The molecule has 10 nitrogen and oxygen atoms in total. The summed E-state index contributed by atoms with van der Waals surface area (Å²) in [5.74, 6) is 0.444. The van der Waals surface area contributed by atoms with Gasteiger partial charge in [-0.15, -0.1) is 0 Å². The van der Waals surface area contributed by atoms with Crippen molar-refractivity contribution >= 4 is 23.2 Å². The summed E-state index contributed by atoms with van der Waals surface area (Å²) in [5, 5.41) is 5.51. The van der Waals surface area contributed by atoms with Crippen LogP contribution in [0.2, 0.25) is 0 Å². The number of para-hydroxylation sites is 2. The Morgan fingerprint density at radius 2 is 1.73 bits per heavy atom. The van der Waals surface area contributed by atoms with Gasteiger partial charge in [-0.05, 0) is 38.1 Å². The molecular formula is C27H33N5O5. The molecule has 0 atom stereocenters. The summed E-state index contributed by atoms with van der Waals surface area (Å²) in [5.41, 5.74) is 1.61. The van der Waals surface area contributed by atoms with Gasteiger partial charge in [0.15, 0.2) is 12.2 Å². The van der Waals surface area contributed by atoms with Gasteiger partial charge in [-0.25, -0.2) is 4.98 Å². The number of carbonyl (C=O) groups excluding carboxylic acids is 2. The average molecular weight is 508 g/mol. The molecule has 37 heavy (non-hydrogen) atoms. The molecule has 4 rings (SSSR count). The van der Waals surface area contributed by atoms with Crippen molar-refractivity contribution in [2.45, 2.75) is 19.4 Å². The highest BCUT2D eigenvalue weighted by molar-refractivity contribution is 6.39. The second-order valence-electron chi connectivity index (χ2n) is 9.51. The topological polar surface area (TPSA) is 109 Å². The van der Waals surface area contributed by atoms with Gasteiger partial charge in [0.05, 0.1) is 31.7 Å². The number of piperazine rings is 1. The number of nitrogens with one attached hydrogen (secondary N) is 2. The first-order chi connectivity index (χ1) is 17.8. The van der Waals surface area contributed by atoms with E-state index in [1.54, 1.807) is 31.5 Å². The summed E-state index contributed by atoms with van der Waals surface area (Å²) in [6.07, 6.45) is 2.90. The summed E-state index contributed by atoms with van der Waals surface area (Å²) in [6, 6.07) is 13.1. The van der Waals surface area contributed by atoms with Crippen LogP contribution in [-0.4, -0.2) is 74.2 Å². The number of methoxy groups -OCH3 is 2. The molecule has 0 unspecified atom stereocenters. The van der Waals surface area contributed by atoms with E-state index in [4.69, 9.17) is 13.9 Å². The maximum atomic E-state index is 12.7. The molecule has 1 fully saturated rings. The lowest BCUT2D eigenvalue weighted by Gasteiger charge is -2.40. The van der Waals surface area contributed by atoms with Crippen LogP contribution < -0.4 is 25.0 Å². The number of nitrogens with zero attached hydrogens (tertiary/aromatic N) is 3. The Morgan fingerprint density at radius 1 is 1.00 bits per heavy atom. The third-order valence-corrected chi connectivity index (χ3v) is 6.23. The molecule has 0 saturated carbocycles. The van der Waals surface area contributed by atoms with E-state index in [2.05, 4.69) is 31.5 Å². The number of amides is 2. The molecule has 1 aromatic heterocycles. The molecule has 1 aliphatic rings. The normalized spacial score (nSPS) is 14.2. The van der Waals surface area contributed by atoms with Gasteiger partial charge in [-0.1, -0.05) is 12.1 Å². The highest BCUT2D eigenvalue weighted by Gasteiger charge is 2.29. The van der Waals surface area contributed by atoms with Crippen LogP contribution in [-0.2, 0) is 9.59 Å². The molecule has 1 aliphatic heterocycles. The van der Waals surface area contributed by atoms with E-state index < -0.39 is 17.4 Å². The lowest BCUT2D eigenvalue weighted by Crippen LogP contribution is -2.57. The number of ether oxygens (including phenoxy) is 2. The van der Waals surface area contributed by atoms with Gasteiger partial charge in [0.1, 0.15) is 11.5 Å². The van der Waals surface area contributed by atoms with Gasteiger partial charge >= 0.3 is 11.8 Å². The van der Waals surface area contributed by atoms with Gasteiger partial charge in [0, 0.05) is 50.0 Å². The van der Waals surface area contributed by atoms with Crippen LogP contribution in [0.1, 0.15) is 13.8 Å².